The quantitative estimate of drug-likeness (QED) is 0.715. The molecule has 0 bridgehead atoms. The highest BCUT2D eigenvalue weighted by Gasteiger charge is 2.42. The second-order valence-corrected chi connectivity index (χ2v) is 8.64. The molecule has 2 aliphatic heterocycles. The summed E-state index contributed by atoms with van der Waals surface area (Å²) in [6, 6.07) is 9.20. The monoisotopic (exact) mass is 442 g/mol. The van der Waals surface area contributed by atoms with Crippen molar-refractivity contribution < 1.29 is 19.1 Å². The van der Waals surface area contributed by atoms with Gasteiger partial charge in [-0.2, -0.15) is 0 Å². The number of carbonyl (C=O) groups excluding carboxylic acids is 2. The van der Waals surface area contributed by atoms with Gasteiger partial charge in [0, 0.05) is 50.0 Å². The number of likely N-dealkylation sites (tertiary alicyclic amines) is 2. The molecule has 1 N–H and O–H groups in total. The van der Waals surface area contributed by atoms with Gasteiger partial charge in [-0.25, -0.2) is 4.39 Å². The molecule has 2 aromatic rings. The van der Waals surface area contributed by atoms with Crippen LogP contribution in [0.25, 0.3) is 11.1 Å². The number of aryl methyl sites for hydroxylation is 1. The Kier molecular flexibility index (Phi) is 6.01. The molecule has 4 rings (SSSR count). The van der Waals surface area contributed by atoms with Crippen LogP contribution in [0.3, 0.4) is 0 Å². The molecular formula is C24H24ClFN2O3. The van der Waals surface area contributed by atoms with Gasteiger partial charge >= 0.3 is 0 Å². The summed E-state index contributed by atoms with van der Waals surface area (Å²) in [5.74, 6) is 0.303. The van der Waals surface area contributed by atoms with E-state index in [9.17, 15) is 19.1 Å². The first kappa shape index (κ1) is 21.4. The Morgan fingerprint density at radius 1 is 1.10 bits per heavy atom. The molecule has 0 spiro atoms. The van der Waals surface area contributed by atoms with Gasteiger partial charge in [0.25, 0.3) is 0 Å². The van der Waals surface area contributed by atoms with Crippen molar-refractivity contribution in [1.29, 1.82) is 0 Å². The van der Waals surface area contributed by atoms with Gasteiger partial charge in [-0.3, -0.25) is 9.59 Å². The van der Waals surface area contributed by atoms with Crippen molar-refractivity contribution in [3.63, 3.8) is 0 Å². The lowest BCUT2D eigenvalue weighted by Crippen LogP contribution is -2.35. The van der Waals surface area contributed by atoms with Crippen LogP contribution >= 0.6 is 11.6 Å². The SMILES string of the molecule is C=CC(=O)N1CC2CN(C(=O)CCc3cc(-c4ccc(F)cc4)c(Cl)cc3O)CC2C1. The number of fused-ring (bicyclic) bond motifs is 1. The number of benzene rings is 2. The summed E-state index contributed by atoms with van der Waals surface area (Å²) >= 11 is 6.28. The molecule has 0 saturated carbocycles. The summed E-state index contributed by atoms with van der Waals surface area (Å²) in [6.45, 7) is 6.17. The van der Waals surface area contributed by atoms with E-state index in [-0.39, 0.29) is 29.8 Å². The van der Waals surface area contributed by atoms with Crippen molar-refractivity contribution in [2.45, 2.75) is 12.8 Å². The average Bonchev–Trinajstić information content (AvgIpc) is 3.33. The maximum atomic E-state index is 13.2. The summed E-state index contributed by atoms with van der Waals surface area (Å²) < 4.78 is 13.2. The Balaban J connectivity index is 1.39. The molecule has 2 heterocycles. The van der Waals surface area contributed by atoms with E-state index in [1.165, 1.54) is 24.3 Å². The minimum absolute atomic E-state index is 0.0358. The number of hydrogen-bond donors (Lipinski definition) is 1. The number of aromatic hydroxyl groups is 1. The molecule has 31 heavy (non-hydrogen) atoms. The predicted molar refractivity (Wildman–Crippen MR) is 117 cm³/mol. The maximum Gasteiger partial charge on any atom is 0.245 e. The highest BCUT2D eigenvalue weighted by Crippen LogP contribution is 2.35. The van der Waals surface area contributed by atoms with Crippen LogP contribution in [0.15, 0.2) is 49.1 Å². The summed E-state index contributed by atoms with van der Waals surface area (Å²) in [5.41, 5.74) is 2.05. The summed E-state index contributed by atoms with van der Waals surface area (Å²) in [7, 11) is 0. The van der Waals surface area contributed by atoms with Gasteiger partial charge in [0.15, 0.2) is 0 Å². The van der Waals surface area contributed by atoms with Gasteiger partial charge in [0.05, 0.1) is 5.02 Å². The molecule has 0 aromatic heterocycles. The molecule has 162 valence electrons. The van der Waals surface area contributed by atoms with Crippen LogP contribution in [-0.4, -0.2) is 52.9 Å². The number of halogens is 2. The van der Waals surface area contributed by atoms with Crippen molar-refractivity contribution in [3.05, 3.63) is 65.5 Å². The number of hydrogen-bond acceptors (Lipinski definition) is 3. The van der Waals surface area contributed by atoms with Gasteiger partial charge in [0.2, 0.25) is 11.8 Å². The van der Waals surface area contributed by atoms with Gasteiger partial charge in [-0.1, -0.05) is 30.3 Å². The molecule has 2 saturated heterocycles. The lowest BCUT2D eigenvalue weighted by molar-refractivity contribution is -0.130. The number of phenolic OH excluding ortho intramolecular Hbond substituents is 1. The number of amides is 2. The minimum atomic E-state index is -0.336. The standard InChI is InChI=1S/C24H24ClFN2O3/c1-2-23(30)27-11-17-13-28(14-18(17)12-27)24(31)8-5-16-9-20(21(25)10-22(16)29)15-3-6-19(26)7-4-15/h2-4,6-7,9-10,17-18,29H,1,5,8,11-14H2. The van der Waals surface area contributed by atoms with Crippen LogP contribution in [0.1, 0.15) is 12.0 Å². The molecule has 2 unspecified atom stereocenters. The first-order valence-corrected chi connectivity index (χ1v) is 10.7. The molecule has 7 heteroatoms. The molecule has 2 atom stereocenters. The number of rotatable bonds is 5. The number of nitrogens with zero attached hydrogens (tertiary/aromatic N) is 2. The fraction of sp³-hybridized carbons (Fsp3) is 0.333. The number of carbonyl (C=O) groups is 2. The van der Waals surface area contributed by atoms with E-state index in [1.54, 1.807) is 23.1 Å². The molecule has 2 amide bonds. The minimum Gasteiger partial charge on any atom is -0.508 e. The first-order chi connectivity index (χ1) is 14.9. The van der Waals surface area contributed by atoms with E-state index in [2.05, 4.69) is 6.58 Å². The topological polar surface area (TPSA) is 60.9 Å². The third-order valence-corrected chi connectivity index (χ3v) is 6.57. The fourth-order valence-electron chi connectivity index (χ4n) is 4.56. The normalized spacial score (nSPS) is 20.1. The van der Waals surface area contributed by atoms with Crippen LogP contribution in [0.5, 0.6) is 5.75 Å². The third kappa shape index (κ3) is 4.44. The van der Waals surface area contributed by atoms with E-state index < -0.39 is 0 Å². The lowest BCUT2D eigenvalue weighted by Gasteiger charge is -2.21. The van der Waals surface area contributed by atoms with E-state index in [0.717, 1.165) is 5.56 Å². The van der Waals surface area contributed by atoms with Crippen LogP contribution in [0, 0.1) is 17.7 Å². The predicted octanol–water partition coefficient (Wildman–Crippen LogP) is 3.89. The Morgan fingerprint density at radius 2 is 1.71 bits per heavy atom. The van der Waals surface area contributed by atoms with Crippen LogP contribution in [0.4, 0.5) is 4.39 Å². The van der Waals surface area contributed by atoms with Crippen molar-refractivity contribution in [1.82, 2.24) is 9.80 Å². The molecule has 5 nitrogen and oxygen atoms in total. The fourth-order valence-corrected chi connectivity index (χ4v) is 4.83. The second-order valence-electron chi connectivity index (χ2n) is 8.23. The highest BCUT2D eigenvalue weighted by atomic mass is 35.5. The van der Waals surface area contributed by atoms with E-state index in [4.69, 9.17) is 11.6 Å². The average molecular weight is 443 g/mol. The zero-order chi connectivity index (χ0) is 22.1. The largest absolute Gasteiger partial charge is 0.508 e. The van der Waals surface area contributed by atoms with E-state index in [1.807, 2.05) is 4.90 Å². The van der Waals surface area contributed by atoms with Crippen molar-refractivity contribution in [2.24, 2.45) is 11.8 Å². The number of phenols is 1. The van der Waals surface area contributed by atoms with Gasteiger partial charge in [0.1, 0.15) is 11.6 Å². The third-order valence-electron chi connectivity index (χ3n) is 6.26. The van der Waals surface area contributed by atoms with Crippen molar-refractivity contribution >= 4 is 23.4 Å². The van der Waals surface area contributed by atoms with Gasteiger partial charge in [-0.15, -0.1) is 0 Å². The molecule has 2 aliphatic rings. The molecule has 2 fully saturated rings. The Morgan fingerprint density at radius 3 is 2.32 bits per heavy atom. The summed E-state index contributed by atoms with van der Waals surface area (Å²) in [4.78, 5) is 28.2. The molecule has 0 radical (unpaired) electrons. The van der Waals surface area contributed by atoms with Crippen molar-refractivity contribution in [3.8, 4) is 16.9 Å². The second kappa shape index (κ2) is 8.71. The Hall–Kier alpha value is -2.86. The maximum absolute atomic E-state index is 13.2. The van der Waals surface area contributed by atoms with E-state index >= 15 is 0 Å². The van der Waals surface area contributed by atoms with Crippen LogP contribution in [-0.2, 0) is 16.0 Å². The van der Waals surface area contributed by atoms with Gasteiger partial charge in [-0.05, 0) is 47.9 Å². The zero-order valence-corrected chi connectivity index (χ0v) is 17.8. The highest BCUT2D eigenvalue weighted by molar-refractivity contribution is 6.33. The summed E-state index contributed by atoms with van der Waals surface area (Å²) in [6.07, 6.45) is 1.98. The molecular weight excluding hydrogens is 419 g/mol. The Bertz CT molecular complexity index is 1010. The van der Waals surface area contributed by atoms with Crippen molar-refractivity contribution in [2.75, 3.05) is 26.2 Å². The Labute approximate surface area is 185 Å². The zero-order valence-electron chi connectivity index (χ0n) is 17.1. The van der Waals surface area contributed by atoms with Gasteiger partial charge < -0.3 is 14.9 Å². The molecule has 2 aromatic carbocycles. The van der Waals surface area contributed by atoms with E-state index in [0.29, 0.717) is 60.6 Å². The first-order valence-electron chi connectivity index (χ1n) is 10.3. The van der Waals surface area contributed by atoms with Crippen LogP contribution in [0.2, 0.25) is 5.02 Å². The smallest absolute Gasteiger partial charge is 0.245 e. The lowest BCUT2D eigenvalue weighted by atomic mass is 9.99. The molecule has 0 aliphatic carbocycles. The van der Waals surface area contributed by atoms with Crippen LogP contribution < -0.4 is 0 Å². The summed E-state index contributed by atoms with van der Waals surface area (Å²) in [5, 5.41) is 10.7.